The van der Waals surface area contributed by atoms with E-state index in [1.54, 1.807) is 4.90 Å². The monoisotopic (exact) mass is 377 g/mol. The second-order valence-electron chi connectivity index (χ2n) is 5.57. The van der Waals surface area contributed by atoms with Crippen molar-refractivity contribution in [3.05, 3.63) is 29.8 Å². The molecule has 0 aromatic heterocycles. The molecule has 0 saturated carbocycles. The average molecular weight is 378 g/mol. The number of hydrogen-bond acceptors (Lipinski definition) is 4. The lowest BCUT2D eigenvalue weighted by Crippen LogP contribution is -2.46. The maximum Gasteiger partial charge on any atom is 0.387 e. The first-order valence-corrected chi connectivity index (χ1v) is 7.83. The molecular weight excluding hydrogens is 356 g/mol. The van der Waals surface area contributed by atoms with E-state index in [4.69, 9.17) is 5.73 Å². The second-order valence-corrected chi connectivity index (χ2v) is 5.57. The summed E-state index contributed by atoms with van der Waals surface area (Å²) in [7, 11) is 0. The van der Waals surface area contributed by atoms with Crippen LogP contribution in [-0.2, 0) is 4.79 Å². The third kappa shape index (κ3) is 6.13. The number of ether oxygens (including phenoxy) is 1. The van der Waals surface area contributed by atoms with Crippen LogP contribution in [0.1, 0.15) is 23.2 Å². The van der Waals surface area contributed by atoms with Crippen molar-refractivity contribution in [2.45, 2.75) is 19.5 Å². The van der Waals surface area contributed by atoms with Gasteiger partial charge in [-0.2, -0.15) is 8.78 Å². The Bertz CT molecular complexity index is 572. The molecule has 1 aromatic rings. The highest BCUT2D eigenvalue weighted by molar-refractivity contribution is 5.94. The molecule has 1 unspecified atom stereocenters. The van der Waals surface area contributed by atoms with Gasteiger partial charge in [0, 0.05) is 31.7 Å². The van der Waals surface area contributed by atoms with E-state index in [-0.39, 0.29) is 35.9 Å². The van der Waals surface area contributed by atoms with Crippen LogP contribution >= 0.6 is 12.4 Å². The van der Waals surface area contributed by atoms with E-state index >= 15 is 0 Å². The topological polar surface area (TPSA) is 84.7 Å². The van der Waals surface area contributed by atoms with E-state index in [9.17, 15) is 18.4 Å². The van der Waals surface area contributed by atoms with Gasteiger partial charge in [-0.1, -0.05) is 0 Å². The molecule has 6 nitrogen and oxygen atoms in total. The highest BCUT2D eigenvalue weighted by atomic mass is 35.5. The van der Waals surface area contributed by atoms with Gasteiger partial charge in [-0.15, -0.1) is 12.4 Å². The predicted octanol–water partition coefficient (Wildman–Crippen LogP) is 1.64. The SMILES string of the molecule is Cl.NCCNC(=O)C1CCCN(C(=O)c2ccc(OC(F)F)cc2)C1. The van der Waals surface area contributed by atoms with Gasteiger partial charge in [-0.05, 0) is 37.1 Å². The van der Waals surface area contributed by atoms with E-state index in [1.807, 2.05) is 0 Å². The number of nitrogens with zero attached hydrogens (tertiary/aromatic N) is 1. The van der Waals surface area contributed by atoms with Crippen LogP contribution in [0.2, 0.25) is 0 Å². The van der Waals surface area contributed by atoms with Crippen molar-refractivity contribution in [2.75, 3.05) is 26.2 Å². The van der Waals surface area contributed by atoms with Crippen LogP contribution in [0.25, 0.3) is 0 Å². The molecule has 1 aliphatic rings. The fourth-order valence-electron chi connectivity index (χ4n) is 2.68. The summed E-state index contributed by atoms with van der Waals surface area (Å²) < 4.78 is 28.5. The van der Waals surface area contributed by atoms with Crippen molar-refractivity contribution in [2.24, 2.45) is 11.7 Å². The minimum Gasteiger partial charge on any atom is -0.435 e. The van der Waals surface area contributed by atoms with Crippen LogP contribution in [0.5, 0.6) is 5.75 Å². The van der Waals surface area contributed by atoms with Gasteiger partial charge in [-0.25, -0.2) is 0 Å². The summed E-state index contributed by atoms with van der Waals surface area (Å²) in [6.07, 6.45) is 1.46. The van der Waals surface area contributed by atoms with Gasteiger partial charge < -0.3 is 20.7 Å². The summed E-state index contributed by atoms with van der Waals surface area (Å²) in [6.45, 7) is -1.22. The molecule has 1 aromatic carbocycles. The van der Waals surface area contributed by atoms with Crippen molar-refractivity contribution in [3.63, 3.8) is 0 Å². The first kappa shape index (κ1) is 21.1. The standard InChI is InChI=1S/C16H21F2N3O3.ClH/c17-16(18)24-13-5-3-11(4-6-13)15(23)21-9-1-2-12(10-21)14(22)20-8-7-19;/h3-6,12,16H,1-2,7-10,19H2,(H,20,22);1H. The van der Waals surface area contributed by atoms with Gasteiger partial charge in [0.05, 0.1) is 5.92 Å². The third-order valence-electron chi connectivity index (χ3n) is 3.85. The summed E-state index contributed by atoms with van der Waals surface area (Å²) in [5.41, 5.74) is 5.74. The van der Waals surface area contributed by atoms with Crippen molar-refractivity contribution >= 4 is 24.2 Å². The lowest BCUT2D eigenvalue weighted by atomic mass is 9.96. The highest BCUT2D eigenvalue weighted by Crippen LogP contribution is 2.20. The number of halogens is 3. The van der Waals surface area contributed by atoms with Crippen molar-refractivity contribution in [3.8, 4) is 5.75 Å². The Labute approximate surface area is 151 Å². The van der Waals surface area contributed by atoms with Crippen LogP contribution in [0.4, 0.5) is 8.78 Å². The second kappa shape index (κ2) is 10.1. The molecule has 2 amide bonds. The summed E-state index contributed by atoms with van der Waals surface area (Å²) >= 11 is 0. The van der Waals surface area contributed by atoms with Crippen LogP contribution in [0, 0.1) is 5.92 Å². The molecular formula is C16H22ClF2N3O3. The molecule has 25 heavy (non-hydrogen) atoms. The lowest BCUT2D eigenvalue weighted by Gasteiger charge is -2.32. The molecule has 0 radical (unpaired) electrons. The van der Waals surface area contributed by atoms with Crippen molar-refractivity contribution in [1.82, 2.24) is 10.2 Å². The average Bonchev–Trinajstić information content (AvgIpc) is 2.59. The first-order valence-electron chi connectivity index (χ1n) is 7.83. The largest absolute Gasteiger partial charge is 0.435 e. The Morgan fingerprint density at radius 1 is 1.32 bits per heavy atom. The molecule has 0 spiro atoms. The first-order chi connectivity index (χ1) is 11.5. The van der Waals surface area contributed by atoms with E-state index in [0.717, 1.165) is 12.8 Å². The van der Waals surface area contributed by atoms with Gasteiger partial charge in [0.25, 0.3) is 5.91 Å². The van der Waals surface area contributed by atoms with Gasteiger partial charge in [0.2, 0.25) is 5.91 Å². The maximum atomic E-state index is 12.5. The molecule has 1 fully saturated rings. The number of nitrogens with one attached hydrogen (secondary N) is 1. The predicted molar refractivity (Wildman–Crippen MR) is 91.0 cm³/mol. The van der Waals surface area contributed by atoms with Crippen LogP contribution in [-0.4, -0.2) is 49.5 Å². The summed E-state index contributed by atoms with van der Waals surface area (Å²) in [4.78, 5) is 26.1. The molecule has 0 bridgehead atoms. The molecule has 0 aliphatic carbocycles. The Balaban J connectivity index is 0.00000312. The van der Waals surface area contributed by atoms with Gasteiger partial charge >= 0.3 is 6.61 Å². The number of rotatable bonds is 6. The van der Waals surface area contributed by atoms with Gasteiger partial charge in [0.15, 0.2) is 0 Å². The molecule has 1 aliphatic heterocycles. The molecule has 9 heteroatoms. The van der Waals surface area contributed by atoms with Crippen LogP contribution < -0.4 is 15.8 Å². The third-order valence-corrected chi connectivity index (χ3v) is 3.85. The maximum absolute atomic E-state index is 12.5. The number of benzene rings is 1. The lowest BCUT2D eigenvalue weighted by molar-refractivity contribution is -0.126. The van der Waals surface area contributed by atoms with E-state index in [0.29, 0.717) is 31.7 Å². The fourth-order valence-corrected chi connectivity index (χ4v) is 2.68. The summed E-state index contributed by atoms with van der Waals surface area (Å²) in [5, 5.41) is 2.74. The van der Waals surface area contributed by atoms with Crippen LogP contribution in [0.15, 0.2) is 24.3 Å². The number of carbonyl (C=O) groups is 2. The zero-order chi connectivity index (χ0) is 17.5. The normalized spacial score (nSPS) is 17.0. The summed E-state index contributed by atoms with van der Waals surface area (Å²) in [6, 6.07) is 5.54. The smallest absolute Gasteiger partial charge is 0.387 e. The van der Waals surface area contributed by atoms with E-state index in [2.05, 4.69) is 10.1 Å². The van der Waals surface area contributed by atoms with E-state index < -0.39 is 6.61 Å². The van der Waals surface area contributed by atoms with Crippen LogP contribution in [0.3, 0.4) is 0 Å². The van der Waals surface area contributed by atoms with Crippen molar-refractivity contribution in [1.29, 1.82) is 0 Å². The molecule has 1 heterocycles. The highest BCUT2D eigenvalue weighted by Gasteiger charge is 2.28. The Hall–Kier alpha value is -1.93. The zero-order valence-corrected chi connectivity index (χ0v) is 14.4. The van der Waals surface area contributed by atoms with Gasteiger partial charge in [0.1, 0.15) is 5.75 Å². The Morgan fingerprint density at radius 3 is 2.60 bits per heavy atom. The minimum absolute atomic E-state index is 0. The number of nitrogens with two attached hydrogens (primary N) is 1. The number of piperidine rings is 1. The quantitative estimate of drug-likeness (QED) is 0.789. The number of hydrogen-bond donors (Lipinski definition) is 2. The number of likely N-dealkylation sites (tertiary alicyclic amines) is 1. The minimum atomic E-state index is -2.90. The molecule has 1 atom stereocenters. The Kier molecular flexibility index (Phi) is 8.57. The van der Waals surface area contributed by atoms with Crippen molar-refractivity contribution < 1.29 is 23.1 Å². The molecule has 3 N–H and O–H groups in total. The van der Waals surface area contributed by atoms with Gasteiger partial charge in [-0.3, -0.25) is 9.59 Å². The zero-order valence-electron chi connectivity index (χ0n) is 13.6. The Morgan fingerprint density at radius 2 is 2.00 bits per heavy atom. The fraction of sp³-hybridized carbons (Fsp3) is 0.500. The molecule has 1 saturated heterocycles. The number of amides is 2. The summed E-state index contributed by atoms with van der Waals surface area (Å²) in [5.74, 6) is -0.580. The van der Waals surface area contributed by atoms with E-state index in [1.165, 1.54) is 24.3 Å². The number of alkyl halides is 2. The molecule has 140 valence electrons. The molecule has 2 rings (SSSR count). The number of carbonyl (C=O) groups excluding carboxylic acids is 2.